The van der Waals surface area contributed by atoms with Crippen molar-refractivity contribution in [2.24, 2.45) is 5.92 Å². The zero-order valence-corrected chi connectivity index (χ0v) is 18.6. The van der Waals surface area contributed by atoms with Crippen LogP contribution in [0.2, 0.25) is 0 Å². The molecule has 0 spiro atoms. The Balaban J connectivity index is 1.57. The predicted molar refractivity (Wildman–Crippen MR) is 121 cm³/mol. The van der Waals surface area contributed by atoms with E-state index >= 15 is 0 Å². The Morgan fingerprint density at radius 3 is 2.03 bits per heavy atom. The minimum Gasteiger partial charge on any atom is -0.480 e. The molecular formula is C25H30N2O5. The number of hydrogen-bond donors (Lipinski definition) is 3. The Morgan fingerprint density at radius 1 is 0.969 bits per heavy atom. The zero-order valence-electron chi connectivity index (χ0n) is 18.6. The molecule has 0 bridgehead atoms. The molecule has 3 N–H and O–H groups in total. The monoisotopic (exact) mass is 438 g/mol. The topological polar surface area (TPSA) is 105 Å². The second-order valence-electron chi connectivity index (χ2n) is 8.41. The van der Waals surface area contributed by atoms with Gasteiger partial charge >= 0.3 is 12.1 Å². The average molecular weight is 439 g/mol. The van der Waals surface area contributed by atoms with Gasteiger partial charge in [-0.25, -0.2) is 9.59 Å². The fourth-order valence-corrected chi connectivity index (χ4v) is 4.07. The minimum absolute atomic E-state index is 0.0167. The number of benzene rings is 2. The molecular weight excluding hydrogens is 408 g/mol. The summed E-state index contributed by atoms with van der Waals surface area (Å²) in [6.45, 7) is 5.49. The van der Waals surface area contributed by atoms with Crippen LogP contribution in [-0.2, 0) is 14.3 Å². The molecule has 0 fully saturated rings. The molecule has 1 aliphatic carbocycles. The normalized spacial score (nSPS) is 14.2. The van der Waals surface area contributed by atoms with Crippen LogP contribution in [0.4, 0.5) is 4.79 Å². The maximum atomic E-state index is 12.5. The molecule has 7 nitrogen and oxygen atoms in total. The van der Waals surface area contributed by atoms with E-state index in [4.69, 9.17) is 4.74 Å². The van der Waals surface area contributed by atoms with Crippen molar-refractivity contribution in [3.63, 3.8) is 0 Å². The van der Waals surface area contributed by atoms with Crippen LogP contribution in [0.5, 0.6) is 0 Å². The summed E-state index contributed by atoms with van der Waals surface area (Å²) >= 11 is 0. The fraction of sp³-hybridized carbons (Fsp3) is 0.400. The van der Waals surface area contributed by atoms with E-state index in [0.29, 0.717) is 6.42 Å². The average Bonchev–Trinajstić information content (AvgIpc) is 3.09. The number of alkyl carbamates (subject to hydrolysis) is 1. The first kappa shape index (κ1) is 23.3. The highest BCUT2D eigenvalue weighted by atomic mass is 16.5. The van der Waals surface area contributed by atoms with Crippen LogP contribution in [-0.4, -0.2) is 41.8 Å². The number of carbonyl (C=O) groups excluding carboxylic acids is 2. The van der Waals surface area contributed by atoms with E-state index in [9.17, 15) is 19.5 Å². The lowest BCUT2D eigenvalue weighted by atomic mass is 9.98. The number of carbonyl (C=O) groups is 3. The number of nitrogens with one attached hydrogen (secondary N) is 2. The number of amides is 2. The third-order valence-corrected chi connectivity index (χ3v) is 5.84. The number of rotatable bonds is 9. The maximum Gasteiger partial charge on any atom is 0.407 e. The maximum absolute atomic E-state index is 12.5. The van der Waals surface area contributed by atoms with Crippen LogP contribution in [0.15, 0.2) is 48.5 Å². The lowest BCUT2D eigenvalue weighted by Gasteiger charge is -2.21. The molecule has 3 rings (SSSR count). The second kappa shape index (κ2) is 10.3. The predicted octanol–water partition coefficient (Wildman–Crippen LogP) is 3.92. The van der Waals surface area contributed by atoms with Crippen LogP contribution >= 0.6 is 0 Å². The highest BCUT2D eigenvalue weighted by molar-refractivity contribution is 5.84. The van der Waals surface area contributed by atoms with Gasteiger partial charge in [-0.05, 0) is 34.6 Å². The van der Waals surface area contributed by atoms with Crippen molar-refractivity contribution in [1.29, 1.82) is 0 Å². The van der Waals surface area contributed by atoms with Crippen LogP contribution in [0.25, 0.3) is 11.1 Å². The molecule has 0 aromatic heterocycles. The van der Waals surface area contributed by atoms with Gasteiger partial charge in [-0.3, -0.25) is 4.79 Å². The molecule has 0 heterocycles. The van der Waals surface area contributed by atoms with E-state index < -0.39 is 30.1 Å². The van der Waals surface area contributed by atoms with E-state index in [-0.39, 0.29) is 24.9 Å². The summed E-state index contributed by atoms with van der Waals surface area (Å²) in [6, 6.07) is 14.8. The number of ether oxygens (including phenoxy) is 1. The molecule has 170 valence electrons. The summed E-state index contributed by atoms with van der Waals surface area (Å²) in [4.78, 5) is 36.0. The van der Waals surface area contributed by atoms with Crippen molar-refractivity contribution in [3.8, 4) is 11.1 Å². The number of carboxylic acids is 1. The largest absolute Gasteiger partial charge is 0.480 e. The van der Waals surface area contributed by atoms with E-state index in [1.54, 1.807) is 13.8 Å². The number of hydrogen-bond acceptors (Lipinski definition) is 4. The lowest BCUT2D eigenvalue weighted by molar-refractivity contribution is -0.143. The summed E-state index contributed by atoms with van der Waals surface area (Å²) in [5.74, 6) is -1.78. The third-order valence-electron chi connectivity index (χ3n) is 5.84. The quantitative estimate of drug-likeness (QED) is 0.550. The molecule has 2 aromatic rings. The minimum atomic E-state index is -1.08. The van der Waals surface area contributed by atoms with Crippen LogP contribution in [0.1, 0.15) is 50.7 Å². The molecule has 2 atom stereocenters. The SMILES string of the molecule is CC[C@@H](CC(=O)N[C@@H](C(=O)O)C(C)C)NC(=O)OCC1c2ccccc2-c2ccccc21. The number of fused-ring (bicyclic) bond motifs is 3. The Bertz CT molecular complexity index is 942. The third kappa shape index (κ3) is 5.28. The molecule has 7 heteroatoms. The van der Waals surface area contributed by atoms with Crippen molar-refractivity contribution in [3.05, 3.63) is 59.7 Å². The van der Waals surface area contributed by atoms with Gasteiger partial charge in [-0.2, -0.15) is 0 Å². The Labute approximate surface area is 188 Å². The van der Waals surface area contributed by atoms with E-state index in [2.05, 4.69) is 22.8 Å². The summed E-state index contributed by atoms with van der Waals surface area (Å²) in [5.41, 5.74) is 4.55. The lowest BCUT2D eigenvalue weighted by Crippen LogP contribution is -2.47. The van der Waals surface area contributed by atoms with Gasteiger partial charge in [0, 0.05) is 18.4 Å². The van der Waals surface area contributed by atoms with Gasteiger partial charge in [0.1, 0.15) is 12.6 Å². The van der Waals surface area contributed by atoms with Gasteiger partial charge < -0.3 is 20.5 Å². The number of carboxylic acid groups (broad SMARTS) is 1. The highest BCUT2D eigenvalue weighted by Gasteiger charge is 2.29. The van der Waals surface area contributed by atoms with Crippen molar-refractivity contribution >= 4 is 18.0 Å². The molecule has 32 heavy (non-hydrogen) atoms. The summed E-state index contributed by atoms with van der Waals surface area (Å²) in [6.07, 6.45) is -0.0982. The second-order valence-corrected chi connectivity index (χ2v) is 8.41. The molecule has 0 saturated heterocycles. The van der Waals surface area contributed by atoms with Gasteiger partial charge in [0.2, 0.25) is 5.91 Å². The standard InChI is InChI=1S/C25H30N2O5/c1-4-16(13-22(28)27-23(15(2)3)24(29)30)26-25(31)32-14-21-19-11-7-5-9-17(19)18-10-6-8-12-20(18)21/h5-12,15-16,21,23H,4,13-14H2,1-3H3,(H,26,31)(H,27,28)(H,29,30)/t16-,23+/m0/s1. The first-order valence-electron chi connectivity index (χ1n) is 11.0. The van der Waals surface area contributed by atoms with Crippen LogP contribution in [0, 0.1) is 5.92 Å². The van der Waals surface area contributed by atoms with Gasteiger partial charge in [-0.15, -0.1) is 0 Å². The molecule has 2 aromatic carbocycles. The summed E-state index contributed by atoms with van der Waals surface area (Å²) < 4.78 is 5.54. The molecule has 0 saturated carbocycles. The highest BCUT2D eigenvalue weighted by Crippen LogP contribution is 2.44. The van der Waals surface area contributed by atoms with E-state index in [1.807, 2.05) is 43.3 Å². The molecule has 0 aliphatic heterocycles. The summed E-state index contributed by atoms with van der Waals surface area (Å²) in [5, 5.41) is 14.5. The van der Waals surface area contributed by atoms with Gasteiger partial charge in [0.15, 0.2) is 0 Å². The van der Waals surface area contributed by atoms with Crippen LogP contribution < -0.4 is 10.6 Å². The first-order valence-corrected chi connectivity index (χ1v) is 11.0. The Morgan fingerprint density at radius 2 is 1.53 bits per heavy atom. The van der Waals surface area contributed by atoms with Crippen molar-refractivity contribution < 1.29 is 24.2 Å². The fourth-order valence-electron chi connectivity index (χ4n) is 4.07. The van der Waals surface area contributed by atoms with Crippen LogP contribution in [0.3, 0.4) is 0 Å². The molecule has 0 radical (unpaired) electrons. The van der Waals surface area contributed by atoms with Gasteiger partial charge in [0.05, 0.1) is 0 Å². The van der Waals surface area contributed by atoms with Gasteiger partial charge in [-0.1, -0.05) is 69.3 Å². The van der Waals surface area contributed by atoms with Crippen molar-refractivity contribution in [2.45, 2.75) is 51.6 Å². The zero-order chi connectivity index (χ0) is 23.3. The molecule has 1 aliphatic rings. The van der Waals surface area contributed by atoms with E-state index in [0.717, 1.165) is 22.3 Å². The molecule has 2 amide bonds. The Kier molecular flexibility index (Phi) is 7.51. The van der Waals surface area contributed by atoms with Gasteiger partial charge in [0.25, 0.3) is 0 Å². The van der Waals surface area contributed by atoms with E-state index in [1.165, 1.54) is 0 Å². The Hall–Kier alpha value is -3.35. The van der Waals surface area contributed by atoms with Crippen molar-refractivity contribution in [1.82, 2.24) is 10.6 Å². The molecule has 0 unspecified atom stereocenters. The smallest absolute Gasteiger partial charge is 0.407 e. The van der Waals surface area contributed by atoms with Crippen molar-refractivity contribution in [2.75, 3.05) is 6.61 Å². The first-order chi connectivity index (χ1) is 15.3. The number of aliphatic carboxylic acids is 1. The summed E-state index contributed by atoms with van der Waals surface area (Å²) in [7, 11) is 0.